The van der Waals surface area contributed by atoms with Gasteiger partial charge in [-0.3, -0.25) is 9.55 Å². The molecule has 2 aliphatic rings. The molecule has 0 saturated carbocycles. The van der Waals surface area contributed by atoms with Crippen molar-refractivity contribution in [3.63, 3.8) is 0 Å². The molecule has 2 aromatic heterocycles. The summed E-state index contributed by atoms with van der Waals surface area (Å²) in [6.07, 6.45) is 9.76. The number of benzene rings is 6. The molecule has 1 unspecified atom stereocenters. The molecular weight excluding hydrogens is 998 g/mol. The second kappa shape index (κ2) is 16.4. The van der Waals surface area contributed by atoms with Gasteiger partial charge in [-0.15, -0.1) is 35.4 Å². The maximum Gasteiger partial charge on any atom is 0.267 e. The molecule has 10 rings (SSSR count). The van der Waals surface area contributed by atoms with Gasteiger partial charge in [-0.05, 0) is 102 Å². The molecule has 2 heterocycles. The van der Waals surface area contributed by atoms with Crippen LogP contribution in [0.3, 0.4) is 0 Å². The maximum absolute atomic E-state index is 7.01. The van der Waals surface area contributed by atoms with Gasteiger partial charge >= 0.3 is 0 Å². The number of ether oxygens (including phenoxy) is 1. The van der Waals surface area contributed by atoms with Gasteiger partial charge in [0.25, 0.3) is 6.33 Å². The van der Waals surface area contributed by atoms with Crippen LogP contribution in [0.5, 0.6) is 11.5 Å². The third-order valence-corrected chi connectivity index (χ3v) is 13.9. The van der Waals surface area contributed by atoms with Crippen LogP contribution >= 0.6 is 0 Å². The van der Waals surface area contributed by atoms with Crippen molar-refractivity contribution in [3.05, 3.63) is 226 Å². The zero-order valence-electron chi connectivity index (χ0n) is 41.0. The fourth-order valence-electron chi connectivity index (χ4n) is 10.2. The van der Waals surface area contributed by atoms with Crippen LogP contribution in [-0.4, -0.2) is 9.55 Å². The first-order valence-electron chi connectivity index (χ1n) is 23.5. The van der Waals surface area contributed by atoms with Crippen LogP contribution in [0.2, 0.25) is 0 Å². The zero-order valence-corrected chi connectivity index (χ0v) is 43.3. The maximum atomic E-state index is 7.01. The number of rotatable bonds is 5. The van der Waals surface area contributed by atoms with E-state index in [-0.39, 0.29) is 48.6 Å². The van der Waals surface area contributed by atoms with Crippen LogP contribution in [0.15, 0.2) is 146 Å². The first kappa shape index (κ1) is 46.3. The zero-order chi connectivity index (χ0) is 46.6. The SMILES string of the molecule is CC(C)(C)c1cc(Oc2[c-]c3c(cc2)C2(c4ccccc4-c4ccccc42)c2ccccc2C3c2cc(C(C)(C)C)ccn2)[c-]c(-n2[c-][n+](-c3cc(C(C)(C)C)cc(C(C)(C)C)c3)cc2)c1.[Pt]. The minimum absolute atomic E-state index is 0. The summed E-state index contributed by atoms with van der Waals surface area (Å²) in [6, 6.07) is 54.6. The number of imidazole rings is 1. The van der Waals surface area contributed by atoms with E-state index in [0.717, 1.165) is 28.2 Å². The largest absolute Gasteiger partial charge is 0.510 e. The van der Waals surface area contributed by atoms with Crippen molar-refractivity contribution in [2.24, 2.45) is 0 Å². The monoisotopic (exact) mass is 1060 g/mol. The number of nitrogens with zero attached hydrogens (tertiary/aromatic N) is 3. The van der Waals surface area contributed by atoms with Crippen molar-refractivity contribution >= 4 is 0 Å². The van der Waals surface area contributed by atoms with Crippen molar-refractivity contribution in [3.8, 4) is 34.0 Å². The summed E-state index contributed by atoms with van der Waals surface area (Å²) in [5, 5.41) is 0. The molecule has 2 aliphatic carbocycles. The van der Waals surface area contributed by atoms with Crippen molar-refractivity contribution in [1.29, 1.82) is 0 Å². The summed E-state index contributed by atoms with van der Waals surface area (Å²) in [5.74, 6) is 1.07. The molecular formula is C62H61N3OPt-2. The Morgan fingerprint density at radius 1 is 0.552 bits per heavy atom. The molecule has 0 saturated heterocycles. The van der Waals surface area contributed by atoms with E-state index in [0.29, 0.717) is 11.5 Å². The number of pyridine rings is 1. The number of hydrogen-bond donors (Lipinski definition) is 0. The summed E-state index contributed by atoms with van der Waals surface area (Å²) in [6.45, 7) is 27.2. The average molecular weight is 1060 g/mol. The smallest absolute Gasteiger partial charge is 0.267 e. The fraction of sp³-hybridized carbons (Fsp3) is 0.290. The molecule has 0 bridgehead atoms. The van der Waals surface area contributed by atoms with Gasteiger partial charge in [0.05, 0.1) is 11.4 Å². The molecule has 342 valence electrons. The Kier molecular flexibility index (Phi) is 11.4. The Morgan fingerprint density at radius 2 is 1.12 bits per heavy atom. The van der Waals surface area contributed by atoms with E-state index in [1.165, 1.54) is 55.6 Å². The number of aromatic nitrogens is 3. The molecule has 5 heteroatoms. The molecule has 4 nitrogen and oxygen atoms in total. The first-order chi connectivity index (χ1) is 31.2. The summed E-state index contributed by atoms with van der Waals surface area (Å²) in [4.78, 5) is 5.16. The molecule has 8 aromatic rings. The summed E-state index contributed by atoms with van der Waals surface area (Å²) in [5.41, 5.74) is 17.0. The fourth-order valence-corrected chi connectivity index (χ4v) is 10.2. The van der Waals surface area contributed by atoms with Crippen molar-refractivity contribution in [2.45, 2.75) is 116 Å². The number of fused-ring (bicyclic) bond motifs is 9. The average Bonchev–Trinajstić information content (AvgIpc) is 3.88. The van der Waals surface area contributed by atoms with Gasteiger partial charge in [-0.2, -0.15) is 17.7 Å². The van der Waals surface area contributed by atoms with Gasteiger partial charge in [0.1, 0.15) is 0 Å². The Hall–Kier alpha value is -5.83. The standard InChI is InChI=1S/C62H61N3O.Pt/c1-58(2,3)40-27-28-63-56(36-40)57-50-21-15-18-24-54(50)62(52-22-16-13-19-48(52)49-20-14-17-23-53(49)62)55-26-25-46(38-51(55)57)66-47-35-43(61(10,11)12)34-45(37-47)65-30-29-64(39-65)44-32-41(59(4,5)6)31-42(33-44)60(7,8)9;/h13-36,57H,1-12H3;/q-2;. The first-order valence-corrected chi connectivity index (χ1v) is 23.5. The molecule has 1 spiro atoms. The topological polar surface area (TPSA) is 30.9 Å². The Bertz CT molecular complexity index is 3100. The van der Waals surface area contributed by atoms with Gasteiger partial charge < -0.3 is 9.30 Å². The predicted molar refractivity (Wildman–Crippen MR) is 268 cm³/mol. The molecule has 0 amide bonds. The quantitative estimate of drug-likeness (QED) is 0.127. The molecule has 0 N–H and O–H groups in total. The van der Waals surface area contributed by atoms with Gasteiger partial charge in [-0.25, -0.2) is 0 Å². The van der Waals surface area contributed by atoms with E-state index in [4.69, 9.17) is 9.72 Å². The van der Waals surface area contributed by atoms with Crippen LogP contribution in [0.4, 0.5) is 0 Å². The second-order valence-corrected chi connectivity index (χ2v) is 22.6. The second-order valence-electron chi connectivity index (χ2n) is 22.6. The van der Waals surface area contributed by atoms with Gasteiger partial charge in [0, 0.05) is 62.5 Å². The van der Waals surface area contributed by atoms with Gasteiger partial charge in [-0.1, -0.05) is 162 Å². The molecule has 0 radical (unpaired) electrons. The normalized spacial score (nSPS) is 15.0. The molecule has 1 atom stereocenters. The van der Waals surface area contributed by atoms with Crippen LogP contribution < -0.4 is 9.30 Å². The van der Waals surface area contributed by atoms with Crippen LogP contribution in [0.25, 0.3) is 22.5 Å². The third kappa shape index (κ3) is 8.04. The molecule has 6 aromatic carbocycles. The van der Waals surface area contributed by atoms with E-state index < -0.39 is 5.41 Å². The van der Waals surface area contributed by atoms with E-state index in [1.807, 2.05) is 10.8 Å². The van der Waals surface area contributed by atoms with E-state index in [9.17, 15) is 0 Å². The van der Waals surface area contributed by atoms with Gasteiger partial charge in [0.2, 0.25) is 0 Å². The van der Waals surface area contributed by atoms with Crippen molar-refractivity contribution in [2.75, 3.05) is 0 Å². The van der Waals surface area contributed by atoms with Crippen LogP contribution in [0.1, 0.15) is 150 Å². The molecule has 0 aliphatic heterocycles. The van der Waals surface area contributed by atoms with E-state index >= 15 is 0 Å². The Labute approximate surface area is 413 Å². The van der Waals surface area contributed by atoms with E-state index in [2.05, 4.69) is 246 Å². The van der Waals surface area contributed by atoms with Crippen molar-refractivity contribution < 1.29 is 30.4 Å². The summed E-state index contributed by atoms with van der Waals surface area (Å²) < 4.78 is 11.1. The summed E-state index contributed by atoms with van der Waals surface area (Å²) in [7, 11) is 0. The number of hydrogen-bond acceptors (Lipinski definition) is 2. The van der Waals surface area contributed by atoms with Crippen molar-refractivity contribution in [1.82, 2.24) is 9.55 Å². The third-order valence-electron chi connectivity index (χ3n) is 13.9. The van der Waals surface area contributed by atoms with Crippen LogP contribution in [0, 0.1) is 18.5 Å². The Morgan fingerprint density at radius 3 is 1.73 bits per heavy atom. The van der Waals surface area contributed by atoms with E-state index in [1.54, 1.807) is 0 Å². The Balaban J connectivity index is 0.00000562. The van der Waals surface area contributed by atoms with Crippen LogP contribution in [-0.2, 0) is 48.1 Å². The molecule has 0 fully saturated rings. The predicted octanol–water partition coefficient (Wildman–Crippen LogP) is 14.4. The minimum atomic E-state index is -0.558. The molecule has 67 heavy (non-hydrogen) atoms. The summed E-state index contributed by atoms with van der Waals surface area (Å²) >= 11 is 0. The van der Waals surface area contributed by atoms with Gasteiger partial charge in [0.15, 0.2) is 0 Å². The minimum Gasteiger partial charge on any atom is -0.510 e.